The maximum Gasteiger partial charge on any atom is 0.166 e. The molecule has 0 saturated heterocycles. The fourth-order valence-electron chi connectivity index (χ4n) is 4.00. The molecule has 0 atom stereocenters. The summed E-state index contributed by atoms with van der Waals surface area (Å²) < 4.78 is 14.3. The minimum atomic E-state index is -0.302. The number of hydrogen-bond acceptors (Lipinski definition) is 8. The number of hydrogen-bond donors (Lipinski definition) is 2. The first kappa shape index (κ1) is 21.3. The molecule has 4 heterocycles. The molecule has 8 nitrogen and oxygen atoms in total. The molecule has 0 unspecified atom stereocenters. The minimum Gasteiger partial charge on any atom is -0.368 e. The van der Waals surface area contributed by atoms with Gasteiger partial charge < -0.3 is 5.32 Å². The number of halogens is 1. The molecule has 10 heteroatoms. The Kier molecular flexibility index (Phi) is 5.91. The number of carbonyl (C=O) groups excluding carboxylic acids is 1. The zero-order valence-corrected chi connectivity index (χ0v) is 18.6. The largest absolute Gasteiger partial charge is 0.368 e. The molecular weight excluding hydrogens is 441 g/mol. The molecule has 1 fully saturated rings. The quantitative estimate of drug-likeness (QED) is 0.358. The highest BCUT2D eigenvalue weighted by molar-refractivity contribution is 7.15. The fourth-order valence-corrected chi connectivity index (χ4v) is 4.88. The van der Waals surface area contributed by atoms with Crippen molar-refractivity contribution in [2.45, 2.75) is 37.5 Å². The van der Waals surface area contributed by atoms with Crippen molar-refractivity contribution in [3.63, 3.8) is 0 Å². The molecule has 0 radical (unpaired) electrons. The maximum absolute atomic E-state index is 14.3. The van der Waals surface area contributed by atoms with Gasteiger partial charge in [0.05, 0.1) is 17.5 Å². The Morgan fingerprint density at radius 2 is 2.09 bits per heavy atom. The van der Waals surface area contributed by atoms with Crippen molar-refractivity contribution < 1.29 is 9.18 Å². The summed E-state index contributed by atoms with van der Waals surface area (Å²) in [6, 6.07) is 6.80. The SMILES string of the molecule is O=C(CCc1cnc(-c2ccc(NCC3(c4ncccc4F)CCC3)nn2)s1)c1cn[nH]c1. The molecule has 1 aliphatic carbocycles. The van der Waals surface area contributed by atoms with Crippen LogP contribution in [0, 0.1) is 5.82 Å². The third-order valence-electron chi connectivity index (χ3n) is 6.04. The first-order valence-corrected chi connectivity index (χ1v) is 11.6. The van der Waals surface area contributed by atoms with E-state index in [-0.39, 0.29) is 17.0 Å². The van der Waals surface area contributed by atoms with Gasteiger partial charge in [0.1, 0.15) is 22.3 Å². The van der Waals surface area contributed by atoms with E-state index in [9.17, 15) is 9.18 Å². The summed E-state index contributed by atoms with van der Waals surface area (Å²) in [5, 5.41) is 19.1. The molecule has 2 N–H and O–H groups in total. The van der Waals surface area contributed by atoms with Crippen molar-refractivity contribution in [3.05, 3.63) is 71.0 Å². The van der Waals surface area contributed by atoms with Gasteiger partial charge in [-0.2, -0.15) is 5.10 Å². The molecule has 0 bridgehead atoms. The van der Waals surface area contributed by atoms with Crippen LogP contribution in [-0.4, -0.2) is 42.7 Å². The average Bonchev–Trinajstić information content (AvgIpc) is 3.51. The lowest BCUT2D eigenvalue weighted by atomic mass is 9.66. The number of nitrogens with one attached hydrogen (secondary N) is 2. The Bertz CT molecular complexity index is 1240. The number of anilines is 1. The van der Waals surface area contributed by atoms with Gasteiger partial charge in [-0.1, -0.05) is 6.42 Å². The van der Waals surface area contributed by atoms with Gasteiger partial charge in [-0.15, -0.1) is 21.5 Å². The van der Waals surface area contributed by atoms with Crippen LogP contribution in [0.5, 0.6) is 0 Å². The predicted molar refractivity (Wildman–Crippen MR) is 123 cm³/mol. The summed E-state index contributed by atoms with van der Waals surface area (Å²) >= 11 is 1.50. The number of Topliss-reactive ketones (excluding diaryl/α,β-unsaturated/α-hetero) is 1. The second-order valence-electron chi connectivity index (χ2n) is 8.17. The third kappa shape index (κ3) is 4.51. The highest BCUT2D eigenvalue weighted by atomic mass is 32.1. The van der Waals surface area contributed by atoms with Crippen LogP contribution in [0.25, 0.3) is 10.7 Å². The number of rotatable bonds is 9. The Balaban J connectivity index is 1.20. The van der Waals surface area contributed by atoms with Crippen molar-refractivity contribution in [1.82, 2.24) is 30.4 Å². The van der Waals surface area contributed by atoms with E-state index in [1.54, 1.807) is 24.7 Å². The zero-order chi connectivity index (χ0) is 22.7. The van der Waals surface area contributed by atoms with Crippen LogP contribution in [0.4, 0.5) is 10.2 Å². The molecule has 4 aromatic heterocycles. The zero-order valence-electron chi connectivity index (χ0n) is 17.8. The highest BCUT2D eigenvalue weighted by Crippen LogP contribution is 2.43. The van der Waals surface area contributed by atoms with E-state index in [4.69, 9.17) is 0 Å². The average molecular weight is 464 g/mol. The van der Waals surface area contributed by atoms with Crippen LogP contribution in [0.2, 0.25) is 0 Å². The van der Waals surface area contributed by atoms with Crippen LogP contribution in [0.15, 0.2) is 49.1 Å². The number of thiazole rings is 1. The second kappa shape index (κ2) is 9.14. The van der Waals surface area contributed by atoms with E-state index in [2.05, 4.69) is 35.7 Å². The molecule has 0 aliphatic heterocycles. The van der Waals surface area contributed by atoms with Crippen LogP contribution in [0.3, 0.4) is 0 Å². The van der Waals surface area contributed by atoms with Gasteiger partial charge in [0.25, 0.3) is 0 Å². The Morgan fingerprint density at radius 3 is 2.79 bits per heavy atom. The second-order valence-corrected chi connectivity index (χ2v) is 9.28. The van der Waals surface area contributed by atoms with Crippen LogP contribution >= 0.6 is 11.3 Å². The number of aromatic nitrogens is 6. The number of nitrogens with zero attached hydrogens (tertiary/aromatic N) is 5. The van der Waals surface area contributed by atoms with Crippen molar-refractivity contribution in [3.8, 4) is 10.7 Å². The van der Waals surface area contributed by atoms with Gasteiger partial charge in [-0.05, 0) is 43.5 Å². The van der Waals surface area contributed by atoms with E-state index < -0.39 is 0 Å². The number of aryl methyl sites for hydroxylation is 1. The Labute approximate surface area is 193 Å². The topological polar surface area (TPSA) is 109 Å². The third-order valence-corrected chi connectivity index (χ3v) is 7.11. The molecule has 33 heavy (non-hydrogen) atoms. The first-order valence-electron chi connectivity index (χ1n) is 10.8. The highest BCUT2D eigenvalue weighted by Gasteiger charge is 2.41. The van der Waals surface area contributed by atoms with E-state index >= 15 is 0 Å². The lowest BCUT2D eigenvalue weighted by Gasteiger charge is -2.41. The number of H-pyrrole nitrogens is 1. The van der Waals surface area contributed by atoms with Crippen molar-refractivity contribution in [1.29, 1.82) is 0 Å². The molecule has 0 spiro atoms. The normalized spacial score (nSPS) is 14.6. The minimum absolute atomic E-state index is 0.0451. The van der Waals surface area contributed by atoms with E-state index in [1.807, 2.05) is 12.1 Å². The summed E-state index contributed by atoms with van der Waals surface area (Å²) in [4.78, 5) is 21.9. The monoisotopic (exact) mass is 463 g/mol. The van der Waals surface area contributed by atoms with E-state index in [0.29, 0.717) is 42.2 Å². The van der Waals surface area contributed by atoms with Gasteiger partial charge in [0.2, 0.25) is 0 Å². The lowest BCUT2D eigenvalue weighted by molar-refractivity contribution is 0.0983. The summed E-state index contributed by atoms with van der Waals surface area (Å²) in [5.41, 5.74) is 1.48. The van der Waals surface area contributed by atoms with Crippen LogP contribution in [0.1, 0.15) is 46.6 Å². The Morgan fingerprint density at radius 1 is 1.18 bits per heavy atom. The first-order chi connectivity index (χ1) is 16.1. The van der Waals surface area contributed by atoms with Gasteiger partial charge in [0.15, 0.2) is 5.78 Å². The summed E-state index contributed by atoms with van der Waals surface area (Å²) in [6.45, 7) is 0.557. The molecule has 4 aromatic rings. The lowest BCUT2D eigenvalue weighted by Crippen LogP contribution is -2.42. The Hall–Kier alpha value is -3.53. The van der Waals surface area contributed by atoms with Gasteiger partial charge in [-0.3, -0.25) is 14.9 Å². The van der Waals surface area contributed by atoms with Crippen molar-refractivity contribution >= 4 is 22.9 Å². The maximum atomic E-state index is 14.3. The molecule has 5 rings (SSSR count). The van der Waals surface area contributed by atoms with Crippen LogP contribution in [-0.2, 0) is 11.8 Å². The summed E-state index contributed by atoms with van der Waals surface area (Å²) in [5.74, 6) is 0.416. The summed E-state index contributed by atoms with van der Waals surface area (Å²) in [7, 11) is 0. The molecule has 1 saturated carbocycles. The van der Waals surface area contributed by atoms with Gasteiger partial charge >= 0.3 is 0 Å². The van der Waals surface area contributed by atoms with Crippen LogP contribution < -0.4 is 5.32 Å². The molecular formula is C23H22FN7OS. The standard InChI is InChI=1S/C23H22FN7OS/c24-17-3-1-10-25-21(17)23(8-2-9-23)14-27-20-7-5-18(30-31-20)22-26-13-16(33-22)4-6-19(32)15-11-28-29-12-15/h1,3,5,7,10-13H,2,4,6,8-9,14H2,(H,27,31)(H,28,29). The van der Waals surface area contributed by atoms with Crippen molar-refractivity contribution in [2.75, 3.05) is 11.9 Å². The molecule has 0 amide bonds. The molecule has 168 valence electrons. The van der Waals surface area contributed by atoms with Gasteiger partial charge in [-0.25, -0.2) is 9.37 Å². The number of pyridine rings is 1. The number of carbonyl (C=O) groups is 1. The smallest absolute Gasteiger partial charge is 0.166 e. The fraction of sp³-hybridized carbons (Fsp3) is 0.304. The van der Waals surface area contributed by atoms with E-state index in [0.717, 1.165) is 29.1 Å². The number of ketones is 1. The number of aromatic amines is 1. The molecule has 0 aromatic carbocycles. The molecule has 1 aliphatic rings. The summed E-state index contributed by atoms with van der Waals surface area (Å²) in [6.07, 6.45) is 10.4. The predicted octanol–water partition coefficient (Wildman–Crippen LogP) is 4.21. The van der Waals surface area contributed by atoms with Crippen molar-refractivity contribution in [2.24, 2.45) is 0 Å². The van der Waals surface area contributed by atoms with E-state index in [1.165, 1.54) is 23.6 Å². The van der Waals surface area contributed by atoms with Gasteiger partial charge in [0, 0.05) is 41.8 Å².